The second-order valence-electron chi connectivity index (χ2n) is 4.26. The molecule has 0 atom stereocenters. The van der Waals surface area contributed by atoms with E-state index in [1.54, 1.807) is 0 Å². The number of carbonyl (C=O) groups is 1. The largest absolute Gasteiger partial charge is 0.490 e. The zero-order valence-electron chi connectivity index (χ0n) is 12.6. The quantitative estimate of drug-likeness (QED) is 0.674. The van der Waals surface area contributed by atoms with Gasteiger partial charge in [-0.3, -0.25) is 4.79 Å². The second-order valence-corrected chi connectivity index (χ2v) is 4.26. The minimum absolute atomic E-state index is 0.0890. The number of rotatable bonds is 9. The number of benzene rings is 1. The van der Waals surface area contributed by atoms with Crippen molar-refractivity contribution in [2.45, 2.75) is 20.4 Å². The van der Waals surface area contributed by atoms with Gasteiger partial charge in [0, 0.05) is 6.54 Å². The van der Waals surface area contributed by atoms with E-state index >= 15 is 0 Å². The van der Waals surface area contributed by atoms with Crippen LogP contribution >= 0.6 is 0 Å². The molecule has 0 saturated heterocycles. The van der Waals surface area contributed by atoms with Gasteiger partial charge in [0.1, 0.15) is 0 Å². The molecule has 1 rings (SSSR count). The molecule has 1 amide bonds. The molecule has 0 aliphatic heterocycles. The Hall–Kier alpha value is -2.19. The van der Waals surface area contributed by atoms with Crippen molar-refractivity contribution in [1.29, 1.82) is 0 Å². The van der Waals surface area contributed by atoms with Crippen LogP contribution in [0.1, 0.15) is 19.4 Å². The van der Waals surface area contributed by atoms with Gasteiger partial charge in [-0.1, -0.05) is 18.9 Å². The molecule has 0 fully saturated rings. The molecule has 0 aliphatic rings. The highest BCUT2D eigenvalue weighted by atomic mass is 16.5. The molecule has 1 aromatic rings. The molecule has 0 saturated carbocycles. The number of carbonyl (C=O) groups excluding carboxylic acids is 1. The summed E-state index contributed by atoms with van der Waals surface area (Å²) in [6.07, 6.45) is 5.07. The van der Waals surface area contributed by atoms with Gasteiger partial charge in [0.25, 0.3) is 5.91 Å². The van der Waals surface area contributed by atoms with E-state index < -0.39 is 0 Å². The van der Waals surface area contributed by atoms with Crippen molar-refractivity contribution in [2.24, 2.45) is 0 Å². The molecule has 2 N–H and O–H groups in total. The molecule has 5 nitrogen and oxygen atoms in total. The van der Waals surface area contributed by atoms with Crippen LogP contribution in [0.5, 0.6) is 11.5 Å². The molecule has 0 spiro atoms. The maximum atomic E-state index is 11.5. The molecule has 0 unspecified atom stereocenters. The van der Waals surface area contributed by atoms with Gasteiger partial charge in [0.2, 0.25) is 0 Å². The van der Waals surface area contributed by atoms with Gasteiger partial charge in [-0.2, -0.15) is 0 Å². The molecule has 0 aromatic heterocycles. The van der Waals surface area contributed by atoms with E-state index in [1.165, 1.54) is 0 Å². The predicted molar refractivity (Wildman–Crippen MR) is 82.3 cm³/mol. The highest BCUT2D eigenvalue weighted by Gasteiger charge is 2.08. The molecular formula is C16H22N2O3. The Bertz CT molecular complexity index is 495. The predicted octanol–water partition coefficient (Wildman–Crippen LogP) is 1.32. The van der Waals surface area contributed by atoms with E-state index in [0.717, 1.165) is 18.7 Å². The smallest absolute Gasteiger partial charge is 0.258 e. The molecule has 1 aromatic carbocycles. The van der Waals surface area contributed by atoms with Gasteiger partial charge < -0.3 is 20.1 Å². The Labute approximate surface area is 126 Å². The lowest BCUT2D eigenvalue weighted by molar-refractivity contribution is -0.122. The van der Waals surface area contributed by atoms with Crippen LogP contribution in [-0.2, 0) is 11.3 Å². The van der Waals surface area contributed by atoms with Crippen molar-refractivity contribution in [2.75, 3.05) is 26.3 Å². The standard InChI is InChI=1S/C16H22N2O3/c1-4-9-18-16(19)12-21-14-8-7-13(11-17-5-2)10-15(14)20-6-3/h1,7-8,10,17H,5-6,9,11-12H2,2-3H3,(H,18,19). The van der Waals surface area contributed by atoms with Crippen molar-refractivity contribution in [3.05, 3.63) is 23.8 Å². The van der Waals surface area contributed by atoms with Gasteiger partial charge in [-0.25, -0.2) is 0 Å². The van der Waals surface area contributed by atoms with Gasteiger partial charge in [-0.05, 0) is 31.2 Å². The molecule has 21 heavy (non-hydrogen) atoms. The third kappa shape index (κ3) is 6.19. The van der Waals surface area contributed by atoms with E-state index in [0.29, 0.717) is 18.1 Å². The number of terminal acetylenes is 1. The lowest BCUT2D eigenvalue weighted by Gasteiger charge is -2.13. The monoisotopic (exact) mass is 290 g/mol. The fraction of sp³-hybridized carbons (Fsp3) is 0.438. The summed E-state index contributed by atoms with van der Waals surface area (Å²) in [5, 5.41) is 5.79. The van der Waals surface area contributed by atoms with Gasteiger partial charge in [-0.15, -0.1) is 6.42 Å². The number of ether oxygens (including phenoxy) is 2. The Balaban J connectivity index is 2.67. The molecule has 0 heterocycles. The van der Waals surface area contributed by atoms with E-state index in [2.05, 4.69) is 23.5 Å². The van der Waals surface area contributed by atoms with E-state index in [9.17, 15) is 4.79 Å². The molecule has 114 valence electrons. The Morgan fingerprint density at radius 1 is 1.29 bits per heavy atom. The maximum Gasteiger partial charge on any atom is 0.258 e. The van der Waals surface area contributed by atoms with Crippen LogP contribution in [-0.4, -0.2) is 32.2 Å². The van der Waals surface area contributed by atoms with Crippen LogP contribution in [0.2, 0.25) is 0 Å². The summed E-state index contributed by atoms with van der Waals surface area (Å²) in [5.41, 5.74) is 1.10. The van der Waals surface area contributed by atoms with Crippen molar-refractivity contribution in [3.8, 4) is 23.8 Å². The molecule has 5 heteroatoms. The minimum Gasteiger partial charge on any atom is -0.490 e. The van der Waals surface area contributed by atoms with Crippen LogP contribution < -0.4 is 20.1 Å². The van der Waals surface area contributed by atoms with Crippen LogP contribution in [0, 0.1) is 12.3 Å². The van der Waals surface area contributed by atoms with Crippen LogP contribution in [0.3, 0.4) is 0 Å². The highest BCUT2D eigenvalue weighted by Crippen LogP contribution is 2.28. The van der Waals surface area contributed by atoms with Gasteiger partial charge in [0.15, 0.2) is 18.1 Å². The summed E-state index contributed by atoms with van der Waals surface area (Å²) in [6.45, 7) is 6.26. The van der Waals surface area contributed by atoms with E-state index in [1.807, 2.05) is 25.1 Å². The zero-order chi connectivity index (χ0) is 15.5. The number of hydrogen-bond acceptors (Lipinski definition) is 4. The van der Waals surface area contributed by atoms with Crippen LogP contribution in [0.25, 0.3) is 0 Å². The topological polar surface area (TPSA) is 59.6 Å². The third-order valence-corrected chi connectivity index (χ3v) is 2.63. The normalized spacial score (nSPS) is 9.76. The molecular weight excluding hydrogens is 268 g/mol. The highest BCUT2D eigenvalue weighted by molar-refractivity contribution is 5.77. The van der Waals surface area contributed by atoms with Crippen molar-refractivity contribution < 1.29 is 14.3 Å². The van der Waals surface area contributed by atoms with E-state index in [4.69, 9.17) is 15.9 Å². The van der Waals surface area contributed by atoms with Crippen molar-refractivity contribution >= 4 is 5.91 Å². The van der Waals surface area contributed by atoms with Crippen LogP contribution in [0.15, 0.2) is 18.2 Å². The van der Waals surface area contributed by atoms with Crippen molar-refractivity contribution in [1.82, 2.24) is 10.6 Å². The minimum atomic E-state index is -0.257. The third-order valence-electron chi connectivity index (χ3n) is 2.63. The maximum absolute atomic E-state index is 11.5. The fourth-order valence-corrected chi connectivity index (χ4v) is 1.66. The average Bonchev–Trinajstić information content (AvgIpc) is 2.50. The first kappa shape index (κ1) is 16.9. The first-order valence-corrected chi connectivity index (χ1v) is 7.00. The van der Waals surface area contributed by atoms with Gasteiger partial charge >= 0.3 is 0 Å². The molecule has 0 bridgehead atoms. The van der Waals surface area contributed by atoms with Crippen LogP contribution in [0.4, 0.5) is 0 Å². The van der Waals surface area contributed by atoms with E-state index in [-0.39, 0.29) is 19.1 Å². The average molecular weight is 290 g/mol. The summed E-state index contributed by atoms with van der Waals surface area (Å²) in [4.78, 5) is 11.5. The van der Waals surface area contributed by atoms with Gasteiger partial charge in [0.05, 0.1) is 13.2 Å². The first-order chi connectivity index (χ1) is 10.2. The summed E-state index contributed by atoms with van der Waals surface area (Å²) in [7, 11) is 0. The lowest BCUT2D eigenvalue weighted by atomic mass is 10.2. The van der Waals surface area contributed by atoms with Crippen molar-refractivity contribution in [3.63, 3.8) is 0 Å². The number of nitrogens with one attached hydrogen (secondary N) is 2. The number of hydrogen-bond donors (Lipinski definition) is 2. The second kappa shape index (κ2) is 9.67. The lowest BCUT2D eigenvalue weighted by Crippen LogP contribution is -2.29. The fourth-order valence-electron chi connectivity index (χ4n) is 1.66. The Kier molecular flexibility index (Phi) is 7.77. The Morgan fingerprint density at radius 3 is 2.76 bits per heavy atom. The SMILES string of the molecule is C#CCNC(=O)COc1ccc(CNCC)cc1OCC. The summed E-state index contributed by atoms with van der Waals surface area (Å²) >= 11 is 0. The zero-order valence-corrected chi connectivity index (χ0v) is 12.6. The summed E-state index contributed by atoms with van der Waals surface area (Å²) in [6, 6.07) is 5.67. The Morgan fingerprint density at radius 2 is 2.10 bits per heavy atom. The summed E-state index contributed by atoms with van der Waals surface area (Å²) < 4.78 is 11.0. The molecule has 0 radical (unpaired) electrons. The molecule has 0 aliphatic carbocycles. The first-order valence-electron chi connectivity index (χ1n) is 7.00. The number of amides is 1. The summed E-state index contributed by atoms with van der Waals surface area (Å²) in [5.74, 6) is 3.26.